The number of hydrogen-bond acceptors (Lipinski definition) is 1. The Morgan fingerprint density at radius 1 is 0.947 bits per heavy atom. The van der Waals surface area contributed by atoms with Crippen molar-refractivity contribution < 1.29 is 13.9 Å². The smallest absolute Gasteiger partial charge is 0.160 e. The summed E-state index contributed by atoms with van der Waals surface area (Å²) in [7, 11) is 0. The Hall–Kier alpha value is -0.490. The molecule has 0 aromatic heterocycles. The Balaban J connectivity index is 2.49. The third-order valence-corrected chi connectivity index (χ3v) is 3.78. The molecule has 0 bridgehead atoms. The Morgan fingerprint density at radius 3 is 2.05 bits per heavy atom. The van der Waals surface area contributed by atoms with Gasteiger partial charge in [-0.15, -0.1) is 0 Å². The fourth-order valence-corrected chi connectivity index (χ4v) is 3.24. The van der Waals surface area contributed by atoms with Gasteiger partial charge in [-0.3, -0.25) is 0 Å². The Labute approximate surface area is 130 Å². The Morgan fingerprint density at radius 2 is 1.47 bits per heavy atom. The first-order valence-corrected chi connectivity index (χ1v) is 7.13. The second-order valence-electron chi connectivity index (χ2n) is 3.89. The summed E-state index contributed by atoms with van der Waals surface area (Å²) in [5.74, 6) is -2.09. The van der Waals surface area contributed by atoms with Crippen molar-refractivity contribution in [2.75, 3.05) is 0 Å². The highest BCUT2D eigenvalue weighted by Gasteiger charge is 2.18. The minimum atomic E-state index is -1.14. The van der Waals surface area contributed by atoms with Crippen LogP contribution in [0.5, 0.6) is 0 Å². The SMILES string of the molecule is OC(c1cc(Br)cc(Br)c1)c1cc(F)c(F)cc1Cl. The van der Waals surface area contributed by atoms with E-state index in [1.165, 1.54) is 0 Å². The maximum Gasteiger partial charge on any atom is 0.160 e. The molecule has 1 N–H and O–H groups in total. The summed E-state index contributed by atoms with van der Waals surface area (Å²) >= 11 is 12.4. The first-order valence-electron chi connectivity index (χ1n) is 5.17. The third kappa shape index (κ3) is 3.34. The van der Waals surface area contributed by atoms with Gasteiger partial charge >= 0.3 is 0 Å². The van der Waals surface area contributed by atoms with Crippen LogP contribution in [0.25, 0.3) is 0 Å². The Bertz CT molecular complexity index is 614. The summed E-state index contributed by atoms with van der Waals surface area (Å²) in [4.78, 5) is 0. The summed E-state index contributed by atoms with van der Waals surface area (Å²) in [6.07, 6.45) is -1.14. The van der Waals surface area contributed by atoms with Gasteiger partial charge in [0, 0.05) is 19.5 Å². The zero-order chi connectivity index (χ0) is 14.2. The van der Waals surface area contributed by atoms with Crippen LogP contribution in [0.2, 0.25) is 5.02 Å². The molecule has 2 rings (SSSR count). The second kappa shape index (κ2) is 5.87. The molecular weight excluding hydrogens is 405 g/mol. The minimum absolute atomic E-state index is 0.0255. The van der Waals surface area contributed by atoms with E-state index < -0.39 is 17.7 Å². The molecule has 0 amide bonds. The predicted octanol–water partition coefficient (Wildman–Crippen LogP) is 5.22. The zero-order valence-corrected chi connectivity index (χ0v) is 13.2. The highest BCUT2D eigenvalue weighted by molar-refractivity contribution is 9.11. The molecule has 19 heavy (non-hydrogen) atoms. The quantitative estimate of drug-likeness (QED) is 0.670. The molecule has 1 nitrogen and oxygen atoms in total. The van der Waals surface area contributed by atoms with Crippen LogP contribution in [0.15, 0.2) is 39.3 Å². The van der Waals surface area contributed by atoms with Crippen LogP contribution in [0.1, 0.15) is 17.2 Å². The molecule has 0 fully saturated rings. The highest BCUT2D eigenvalue weighted by atomic mass is 79.9. The zero-order valence-electron chi connectivity index (χ0n) is 9.30. The molecule has 0 saturated carbocycles. The third-order valence-electron chi connectivity index (χ3n) is 2.53. The number of benzene rings is 2. The predicted molar refractivity (Wildman–Crippen MR) is 77.3 cm³/mol. The first kappa shape index (κ1) is 14.9. The molecule has 2 aromatic carbocycles. The molecule has 0 radical (unpaired) electrons. The summed E-state index contributed by atoms with van der Waals surface area (Å²) in [5, 5.41) is 10.2. The first-order chi connectivity index (χ1) is 8.88. The van der Waals surface area contributed by atoms with Crippen molar-refractivity contribution in [1.29, 1.82) is 0 Å². The summed E-state index contributed by atoms with van der Waals surface area (Å²) in [5.41, 5.74) is 0.625. The lowest BCUT2D eigenvalue weighted by atomic mass is 10.0. The van der Waals surface area contributed by atoms with Gasteiger partial charge < -0.3 is 5.11 Å². The van der Waals surface area contributed by atoms with Crippen LogP contribution < -0.4 is 0 Å². The van der Waals surface area contributed by atoms with Gasteiger partial charge in [0.1, 0.15) is 6.10 Å². The molecule has 0 aliphatic rings. The molecule has 1 atom stereocenters. The van der Waals surface area contributed by atoms with E-state index in [1.807, 2.05) is 0 Å². The average Bonchev–Trinajstić information content (AvgIpc) is 2.31. The van der Waals surface area contributed by atoms with Crippen LogP contribution in [-0.4, -0.2) is 5.11 Å². The average molecular weight is 412 g/mol. The maximum atomic E-state index is 13.2. The van der Waals surface area contributed by atoms with Crippen molar-refractivity contribution in [1.82, 2.24) is 0 Å². The molecule has 0 aliphatic heterocycles. The lowest BCUT2D eigenvalue weighted by Crippen LogP contribution is -2.02. The topological polar surface area (TPSA) is 20.2 Å². The van der Waals surface area contributed by atoms with Crippen LogP contribution in [0.3, 0.4) is 0 Å². The summed E-state index contributed by atoms with van der Waals surface area (Å²) in [6, 6.07) is 6.89. The normalized spacial score (nSPS) is 12.5. The number of hydrogen-bond donors (Lipinski definition) is 1. The van der Waals surface area contributed by atoms with Gasteiger partial charge in [0.25, 0.3) is 0 Å². The summed E-state index contributed by atoms with van der Waals surface area (Å²) < 4.78 is 27.7. The van der Waals surface area contributed by atoms with Crippen molar-refractivity contribution in [3.05, 3.63) is 67.1 Å². The monoisotopic (exact) mass is 410 g/mol. The van der Waals surface area contributed by atoms with Crippen LogP contribution in [0, 0.1) is 11.6 Å². The van der Waals surface area contributed by atoms with Gasteiger partial charge in [-0.1, -0.05) is 43.5 Å². The number of aliphatic hydroxyl groups excluding tert-OH is 1. The molecule has 100 valence electrons. The molecular formula is C13H7Br2ClF2O. The second-order valence-corrected chi connectivity index (χ2v) is 6.13. The number of halogens is 5. The van der Waals surface area contributed by atoms with Gasteiger partial charge in [0.2, 0.25) is 0 Å². The summed E-state index contributed by atoms with van der Waals surface area (Å²) in [6.45, 7) is 0. The van der Waals surface area contributed by atoms with Crippen molar-refractivity contribution in [2.45, 2.75) is 6.10 Å². The molecule has 0 spiro atoms. The minimum Gasteiger partial charge on any atom is -0.384 e. The fourth-order valence-electron chi connectivity index (χ4n) is 1.66. The van der Waals surface area contributed by atoms with E-state index >= 15 is 0 Å². The standard InChI is InChI=1S/C13H7Br2ClF2O/c14-7-1-6(2-8(15)3-7)13(19)9-4-11(17)12(18)5-10(9)16/h1-5,13,19H. The van der Waals surface area contributed by atoms with E-state index in [-0.39, 0.29) is 10.6 Å². The molecule has 2 aromatic rings. The van der Waals surface area contributed by atoms with Gasteiger partial charge in [0.15, 0.2) is 11.6 Å². The van der Waals surface area contributed by atoms with Crippen molar-refractivity contribution in [3.8, 4) is 0 Å². The largest absolute Gasteiger partial charge is 0.384 e. The van der Waals surface area contributed by atoms with E-state index in [0.717, 1.165) is 21.1 Å². The van der Waals surface area contributed by atoms with E-state index in [1.54, 1.807) is 18.2 Å². The Kier molecular flexibility index (Phi) is 4.61. The van der Waals surface area contributed by atoms with E-state index in [9.17, 15) is 13.9 Å². The molecule has 1 unspecified atom stereocenters. The van der Waals surface area contributed by atoms with Crippen LogP contribution in [0.4, 0.5) is 8.78 Å². The maximum absolute atomic E-state index is 13.2. The molecule has 0 heterocycles. The lowest BCUT2D eigenvalue weighted by molar-refractivity contribution is 0.219. The molecule has 6 heteroatoms. The fraction of sp³-hybridized carbons (Fsp3) is 0.0769. The number of aliphatic hydroxyl groups is 1. The van der Waals surface area contributed by atoms with Crippen LogP contribution in [-0.2, 0) is 0 Å². The molecule has 0 aliphatic carbocycles. The lowest BCUT2D eigenvalue weighted by Gasteiger charge is -2.14. The van der Waals surface area contributed by atoms with Crippen molar-refractivity contribution in [3.63, 3.8) is 0 Å². The van der Waals surface area contributed by atoms with Gasteiger partial charge in [0.05, 0.1) is 0 Å². The van der Waals surface area contributed by atoms with Crippen molar-refractivity contribution in [2.24, 2.45) is 0 Å². The molecule has 0 saturated heterocycles. The highest BCUT2D eigenvalue weighted by Crippen LogP contribution is 2.32. The van der Waals surface area contributed by atoms with Gasteiger partial charge in [-0.05, 0) is 35.9 Å². The van der Waals surface area contributed by atoms with E-state index in [4.69, 9.17) is 11.6 Å². The van der Waals surface area contributed by atoms with E-state index in [0.29, 0.717) is 5.56 Å². The number of rotatable bonds is 2. The van der Waals surface area contributed by atoms with E-state index in [2.05, 4.69) is 31.9 Å². The van der Waals surface area contributed by atoms with Gasteiger partial charge in [-0.2, -0.15) is 0 Å². The van der Waals surface area contributed by atoms with Crippen molar-refractivity contribution >= 4 is 43.5 Å². The van der Waals surface area contributed by atoms with Crippen LogP contribution >= 0.6 is 43.5 Å². The van der Waals surface area contributed by atoms with Gasteiger partial charge in [-0.25, -0.2) is 8.78 Å².